The molecule has 8 heteroatoms. The van der Waals surface area contributed by atoms with Crippen LogP contribution >= 0.6 is 0 Å². The Balaban J connectivity index is 1.50. The average molecular weight is 556 g/mol. The molecular formula is C33H33NO7. The van der Waals surface area contributed by atoms with E-state index in [1.807, 2.05) is 30.3 Å². The van der Waals surface area contributed by atoms with E-state index in [4.69, 9.17) is 9.47 Å². The zero-order chi connectivity index (χ0) is 28.7. The maximum Gasteiger partial charge on any atom is 0.342 e. The number of carbonyl (C=O) groups is 3. The molecule has 0 saturated heterocycles. The molecule has 1 unspecified atom stereocenters. The van der Waals surface area contributed by atoms with Crippen LogP contribution in [0.4, 0.5) is 0 Å². The highest BCUT2D eigenvalue weighted by Gasteiger charge is 2.37. The Morgan fingerprint density at radius 3 is 2.68 bits per heavy atom. The van der Waals surface area contributed by atoms with E-state index in [9.17, 15) is 24.3 Å². The van der Waals surface area contributed by atoms with Gasteiger partial charge in [-0.2, -0.15) is 0 Å². The zero-order valence-corrected chi connectivity index (χ0v) is 23.1. The van der Waals surface area contributed by atoms with E-state index in [0.717, 1.165) is 29.3 Å². The highest BCUT2D eigenvalue weighted by atomic mass is 16.5. The number of aromatic hydroxyl groups is 1. The number of carbonyl (C=O) groups excluding carboxylic acids is 3. The number of hydrogen-bond acceptors (Lipinski definition) is 7. The van der Waals surface area contributed by atoms with Crippen LogP contribution in [0.25, 0.3) is 17.0 Å². The van der Waals surface area contributed by atoms with Crippen molar-refractivity contribution < 1.29 is 29.0 Å². The van der Waals surface area contributed by atoms with Gasteiger partial charge >= 0.3 is 11.9 Å². The summed E-state index contributed by atoms with van der Waals surface area (Å²) < 4.78 is 13.1. The monoisotopic (exact) mass is 555 g/mol. The van der Waals surface area contributed by atoms with Crippen LogP contribution in [-0.4, -0.2) is 33.5 Å². The van der Waals surface area contributed by atoms with Crippen molar-refractivity contribution in [2.75, 3.05) is 0 Å². The average Bonchev–Trinajstić information content (AvgIpc) is 2.93. The molecule has 0 spiro atoms. The summed E-state index contributed by atoms with van der Waals surface area (Å²) in [5.41, 5.74) is 2.77. The summed E-state index contributed by atoms with van der Waals surface area (Å²) in [6.45, 7) is 2.33. The van der Waals surface area contributed by atoms with Gasteiger partial charge in [0.15, 0.2) is 0 Å². The minimum absolute atomic E-state index is 0.0209. The third kappa shape index (κ3) is 5.07. The van der Waals surface area contributed by atoms with E-state index >= 15 is 0 Å². The first-order valence-corrected chi connectivity index (χ1v) is 14.5. The second kappa shape index (κ2) is 11.0. The van der Waals surface area contributed by atoms with E-state index in [2.05, 4.69) is 0 Å². The molecule has 212 valence electrons. The van der Waals surface area contributed by atoms with Crippen LogP contribution < -0.4 is 10.3 Å². The number of esters is 2. The molecule has 1 aromatic heterocycles. The fraction of sp³-hybridized carbons (Fsp3) is 0.394. The number of phenols is 1. The molecule has 2 atom stereocenters. The number of hydrogen-bond donors (Lipinski definition) is 1. The van der Waals surface area contributed by atoms with Gasteiger partial charge in [0.2, 0.25) is 0 Å². The van der Waals surface area contributed by atoms with Crippen LogP contribution in [0, 0.1) is 0 Å². The van der Waals surface area contributed by atoms with Gasteiger partial charge in [-0.25, -0.2) is 4.79 Å². The number of allylic oxidation sites excluding steroid dienone is 1. The summed E-state index contributed by atoms with van der Waals surface area (Å²) in [6, 6.07) is 9.32. The molecule has 0 fully saturated rings. The van der Waals surface area contributed by atoms with E-state index in [0.29, 0.717) is 56.2 Å². The van der Waals surface area contributed by atoms with Gasteiger partial charge in [-0.3, -0.25) is 14.4 Å². The molecule has 2 aromatic carbocycles. The second-order valence-corrected chi connectivity index (χ2v) is 11.3. The normalized spacial score (nSPS) is 22.2. The van der Waals surface area contributed by atoms with E-state index in [-0.39, 0.29) is 40.4 Å². The molecule has 0 amide bonds. The van der Waals surface area contributed by atoms with E-state index in [1.54, 1.807) is 23.6 Å². The van der Waals surface area contributed by atoms with Crippen molar-refractivity contribution in [3.8, 4) is 11.5 Å². The van der Waals surface area contributed by atoms with Gasteiger partial charge < -0.3 is 19.1 Å². The van der Waals surface area contributed by atoms with E-state index < -0.39 is 24.0 Å². The number of benzene rings is 2. The summed E-state index contributed by atoms with van der Waals surface area (Å²) >= 11 is 0. The lowest BCUT2D eigenvalue weighted by molar-refractivity contribution is -0.135. The van der Waals surface area contributed by atoms with Crippen molar-refractivity contribution in [2.24, 2.45) is 0 Å². The number of ether oxygens (including phenoxy) is 2. The van der Waals surface area contributed by atoms with Crippen molar-refractivity contribution in [3.05, 3.63) is 74.6 Å². The largest absolute Gasteiger partial charge is 0.507 e. The summed E-state index contributed by atoms with van der Waals surface area (Å²) in [7, 11) is 0. The lowest BCUT2D eigenvalue weighted by atomic mass is 9.83. The number of rotatable bonds is 1. The van der Waals surface area contributed by atoms with Crippen molar-refractivity contribution in [3.63, 3.8) is 0 Å². The molecule has 0 bridgehead atoms. The number of ketones is 1. The first-order valence-electron chi connectivity index (χ1n) is 14.5. The molecule has 3 aliphatic rings. The quantitative estimate of drug-likeness (QED) is 0.308. The number of fused-ring (bicyclic) bond motifs is 2. The van der Waals surface area contributed by atoms with Crippen LogP contribution in [0.1, 0.15) is 96.8 Å². The number of cyclic esters (lactones) is 1. The molecule has 3 aromatic rings. The number of pyridine rings is 1. The van der Waals surface area contributed by atoms with Gasteiger partial charge in [0.25, 0.3) is 5.56 Å². The highest BCUT2D eigenvalue weighted by Crippen LogP contribution is 2.47. The van der Waals surface area contributed by atoms with Crippen molar-refractivity contribution in [1.82, 2.24) is 4.57 Å². The molecule has 0 aliphatic carbocycles. The highest BCUT2D eigenvalue weighted by molar-refractivity contribution is 5.99. The molecule has 0 radical (unpaired) electrons. The Kier molecular flexibility index (Phi) is 7.24. The van der Waals surface area contributed by atoms with Crippen molar-refractivity contribution in [1.29, 1.82) is 0 Å². The van der Waals surface area contributed by atoms with Gasteiger partial charge in [0, 0.05) is 36.4 Å². The standard InChI is InChI=1S/C33H33NO7/c1-19-8-5-14-23(35)13-4-2-3-9-21-17-26-29(31(37)28(21)33(39)40-19)24(18-27(36)41-26)25-16-22-11-6-10-20-12-7-15-34(30(20)22)32(25)38/h3,6,9-11,16-17,19,24,37H,2,4-5,7-8,12-15,18H2,1H3/b9-3+/t19-,24?/m0/s1. The zero-order valence-electron chi connectivity index (χ0n) is 23.1. The lowest BCUT2D eigenvalue weighted by Gasteiger charge is -2.28. The third-order valence-corrected chi connectivity index (χ3v) is 8.41. The summed E-state index contributed by atoms with van der Waals surface area (Å²) in [4.78, 5) is 52.3. The molecule has 3 aliphatic heterocycles. The molecule has 4 heterocycles. The maximum absolute atomic E-state index is 13.9. The first-order chi connectivity index (χ1) is 19.8. The smallest absolute Gasteiger partial charge is 0.342 e. The fourth-order valence-corrected chi connectivity index (χ4v) is 6.42. The van der Waals surface area contributed by atoms with Crippen LogP contribution in [-0.2, 0) is 27.3 Å². The van der Waals surface area contributed by atoms with Gasteiger partial charge in [-0.1, -0.05) is 30.4 Å². The van der Waals surface area contributed by atoms with Crippen molar-refractivity contribution >= 4 is 34.7 Å². The number of aryl methyl sites for hydroxylation is 2. The van der Waals surface area contributed by atoms with Gasteiger partial charge in [-0.05, 0) is 74.1 Å². The Morgan fingerprint density at radius 1 is 1.00 bits per heavy atom. The number of para-hydroxylation sites is 1. The third-order valence-electron chi connectivity index (χ3n) is 8.41. The predicted octanol–water partition coefficient (Wildman–Crippen LogP) is 5.58. The van der Waals surface area contributed by atoms with Crippen LogP contribution in [0.15, 0.2) is 41.2 Å². The number of Topliss-reactive ketones (excluding diaryl/α,β-unsaturated/α-hetero) is 1. The van der Waals surface area contributed by atoms with Gasteiger partial charge in [-0.15, -0.1) is 0 Å². The minimum Gasteiger partial charge on any atom is -0.507 e. The van der Waals surface area contributed by atoms with E-state index in [1.165, 1.54) is 0 Å². The summed E-state index contributed by atoms with van der Waals surface area (Å²) in [5, 5.41) is 12.6. The van der Waals surface area contributed by atoms with Crippen molar-refractivity contribution in [2.45, 2.75) is 83.3 Å². The molecule has 1 N–H and O–H groups in total. The number of nitrogens with zero attached hydrogens (tertiary/aromatic N) is 1. The van der Waals surface area contributed by atoms with Crippen LogP contribution in [0.2, 0.25) is 0 Å². The van der Waals surface area contributed by atoms with Gasteiger partial charge in [0.05, 0.1) is 18.0 Å². The van der Waals surface area contributed by atoms with Crippen LogP contribution in [0.5, 0.6) is 11.5 Å². The number of aromatic nitrogens is 1. The van der Waals surface area contributed by atoms with Gasteiger partial charge in [0.1, 0.15) is 22.8 Å². The summed E-state index contributed by atoms with van der Waals surface area (Å²) in [5.74, 6) is -2.05. The Labute approximate surface area is 237 Å². The molecular weight excluding hydrogens is 522 g/mol. The Morgan fingerprint density at radius 2 is 1.83 bits per heavy atom. The second-order valence-electron chi connectivity index (χ2n) is 11.3. The predicted molar refractivity (Wildman–Crippen MR) is 153 cm³/mol. The topological polar surface area (TPSA) is 112 Å². The maximum atomic E-state index is 13.9. The minimum atomic E-state index is -0.795. The number of phenolic OH excluding ortho intramolecular Hbond substituents is 1. The first kappa shape index (κ1) is 27.0. The molecule has 6 rings (SSSR count). The molecule has 41 heavy (non-hydrogen) atoms. The Bertz CT molecular complexity index is 1660. The lowest BCUT2D eigenvalue weighted by Crippen LogP contribution is -2.32. The Hall–Kier alpha value is -4.20. The fourth-order valence-electron chi connectivity index (χ4n) is 6.42. The summed E-state index contributed by atoms with van der Waals surface area (Å²) in [6.07, 6.45) is 7.97. The molecule has 0 saturated carbocycles. The SMILES string of the molecule is C[C@H]1CCCC(=O)CCC/C=C/c2cc3c(c(O)c2C(=O)O1)C(c1cc2cccc4c2n(c1=O)CCC4)CC(=O)O3. The van der Waals surface area contributed by atoms with Crippen LogP contribution in [0.3, 0.4) is 0 Å². The molecule has 8 nitrogen and oxygen atoms in total.